The molecule has 94 valence electrons. The van der Waals surface area contributed by atoms with E-state index in [1.807, 2.05) is 0 Å². The number of hydrogen-bond donors (Lipinski definition) is 1. The Bertz CT molecular complexity index is 388. The first-order valence-electron chi connectivity index (χ1n) is 5.66. The maximum atomic E-state index is 13.0. The van der Waals surface area contributed by atoms with E-state index >= 15 is 0 Å². The SMILES string of the molecule is CN1CCCC(Nc2c(Cl)cc(F)cc2Cl)C1. The number of anilines is 1. The first kappa shape index (κ1) is 12.9. The maximum absolute atomic E-state index is 13.0. The third kappa shape index (κ3) is 3.24. The van der Waals surface area contributed by atoms with Crippen molar-refractivity contribution in [2.75, 3.05) is 25.5 Å². The van der Waals surface area contributed by atoms with Crippen LogP contribution in [-0.4, -0.2) is 31.1 Å². The van der Waals surface area contributed by atoms with E-state index in [2.05, 4.69) is 17.3 Å². The molecule has 1 atom stereocenters. The first-order chi connectivity index (χ1) is 8.06. The van der Waals surface area contributed by atoms with Crippen molar-refractivity contribution in [3.8, 4) is 0 Å². The topological polar surface area (TPSA) is 15.3 Å². The van der Waals surface area contributed by atoms with Gasteiger partial charge in [0, 0.05) is 12.6 Å². The van der Waals surface area contributed by atoms with Gasteiger partial charge in [-0.05, 0) is 38.6 Å². The van der Waals surface area contributed by atoms with Crippen LogP contribution in [0.5, 0.6) is 0 Å². The van der Waals surface area contributed by atoms with Crippen LogP contribution >= 0.6 is 23.2 Å². The van der Waals surface area contributed by atoms with Crippen LogP contribution in [-0.2, 0) is 0 Å². The predicted octanol–water partition coefficient (Wildman–Crippen LogP) is 3.64. The summed E-state index contributed by atoms with van der Waals surface area (Å²) in [7, 11) is 2.09. The number of piperidine rings is 1. The molecule has 0 spiro atoms. The fourth-order valence-electron chi connectivity index (χ4n) is 2.17. The molecule has 0 radical (unpaired) electrons. The highest BCUT2D eigenvalue weighted by molar-refractivity contribution is 6.39. The number of hydrogen-bond acceptors (Lipinski definition) is 2. The fraction of sp³-hybridized carbons (Fsp3) is 0.500. The summed E-state index contributed by atoms with van der Waals surface area (Å²) >= 11 is 12.0. The van der Waals surface area contributed by atoms with Crippen LogP contribution in [0, 0.1) is 5.82 Å². The van der Waals surface area contributed by atoms with Gasteiger partial charge in [0.15, 0.2) is 0 Å². The van der Waals surface area contributed by atoms with Crippen LogP contribution in [0.4, 0.5) is 10.1 Å². The molecule has 1 fully saturated rings. The lowest BCUT2D eigenvalue weighted by Gasteiger charge is -2.31. The van der Waals surface area contributed by atoms with Crippen LogP contribution in [0.2, 0.25) is 10.0 Å². The standard InChI is InChI=1S/C12H15Cl2FN2/c1-17-4-2-3-9(7-17)16-12-10(13)5-8(15)6-11(12)14/h5-6,9,16H,2-4,7H2,1H3. The van der Waals surface area contributed by atoms with E-state index < -0.39 is 5.82 Å². The molecule has 5 heteroatoms. The van der Waals surface area contributed by atoms with Crippen LogP contribution in [0.25, 0.3) is 0 Å². The fourth-order valence-corrected chi connectivity index (χ4v) is 2.74. The van der Waals surface area contributed by atoms with Crippen molar-refractivity contribution in [2.24, 2.45) is 0 Å². The van der Waals surface area contributed by atoms with Gasteiger partial charge in [-0.15, -0.1) is 0 Å². The predicted molar refractivity (Wildman–Crippen MR) is 70.6 cm³/mol. The maximum Gasteiger partial charge on any atom is 0.126 e. The molecule has 0 saturated carbocycles. The van der Waals surface area contributed by atoms with Crippen molar-refractivity contribution < 1.29 is 4.39 Å². The minimum absolute atomic E-state index is 0.314. The summed E-state index contributed by atoms with van der Waals surface area (Å²) in [4.78, 5) is 2.26. The summed E-state index contributed by atoms with van der Waals surface area (Å²) in [5.74, 6) is -0.411. The van der Waals surface area contributed by atoms with Crippen LogP contribution < -0.4 is 5.32 Å². The van der Waals surface area contributed by atoms with E-state index in [0.717, 1.165) is 25.9 Å². The molecule has 1 N–H and O–H groups in total. The van der Waals surface area contributed by atoms with E-state index in [-0.39, 0.29) is 0 Å². The molecule has 0 amide bonds. The molecule has 2 rings (SSSR count). The summed E-state index contributed by atoms with van der Waals surface area (Å²) in [6, 6.07) is 2.87. The molecule has 1 aliphatic heterocycles. The Labute approximate surface area is 111 Å². The number of nitrogens with zero attached hydrogens (tertiary/aromatic N) is 1. The lowest BCUT2D eigenvalue weighted by atomic mass is 10.1. The Hall–Kier alpha value is -0.510. The summed E-state index contributed by atoms with van der Waals surface area (Å²) in [6.07, 6.45) is 2.22. The van der Waals surface area contributed by atoms with Crippen molar-refractivity contribution in [1.29, 1.82) is 0 Å². The van der Waals surface area contributed by atoms with Crippen LogP contribution in [0.1, 0.15) is 12.8 Å². The molecule has 1 aliphatic rings. The summed E-state index contributed by atoms with van der Waals surface area (Å²) in [5.41, 5.74) is 0.634. The smallest absolute Gasteiger partial charge is 0.126 e. The second kappa shape index (κ2) is 5.42. The number of nitrogens with one attached hydrogen (secondary N) is 1. The third-order valence-electron chi connectivity index (χ3n) is 2.98. The normalized spacial score (nSPS) is 21.5. The molecular weight excluding hydrogens is 262 g/mol. The van der Waals surface area contributed by atoms with Crippen molar-refractivity contribution in [1.82, 2.24) is 4.90 Å². The van der Waals surface area contributed by atoms with Crippen LogP contribution in [0.3, 0.4) is 0 Å². The van der Waals surface area contributed by atoms with Gasteiger partial charge in [0.2, 0.25) is 0 Å². The van der Waals surface area contributed by atoms with Gasteiger partial charge >= 0.3 is 0 Å². The summed E-state index contributed by atoms with van der Waals surface area (Å²) in [5, 5.41) is 3.98. The number of likely N-dealkylation sites (N-methyl/N-ethyl adjacent to an activating group) is 1. The lowest BCUT2D eigenvalue weighted by molar-refractivity contribution is 0.261. The molecule has 0 aliphatic carbocycles. The summed E-state index contributed by atoms with van der Waals surface area (Å²) in [6.45, 7) is 2.06. The zero-order valence-electron chi connectivity index (χ0n) is 9.64. The van der Waals surface area contributed by atoms with E-state index in [4.69, 9.17) is 23.2 Å². The first-order valence-corrected chi connectivity index (χ1v) is 6.41. The van der Waals surface area contributed by atoms with Crippen molar-refractivity contribution in [3.63, 3.8) is 0 Å². The molecule has 17 heavy (non-hydrogen) atoms. The quantitative estimate of drug-likeness (QED) is 0.887. The highest BCUT2D eigenvalue weighted by atomic mass is 35.5. The van der Waals surface area contributed by atoms with Gasteiger partial charge in [-0.2, -0.15) is 0 Å². The molecule has 0 bridgehead atoms. The number of rotatable bonds is 2. The summed E-state index contributed by atoms with van der Waals surface area (Å²) < 4.78 is 13.0. The Kier molecular flexibility index (Phi) is 4.13. The van der Waals surface area contributed by atoms with E-state index in [1.165, 1.54) is 12.1 Å². The number of likely N-dealkylation sites (tertiary alicyclic amines) is 1. The van der Waals surface area contributed by atoms with E-state index in [9.17, 15) is 4.39 Å². The number of benzene rings is 1. The van der Waals surface area contributed by atoms with Crippen molar-refractivity contribution in [2.45, 2.75) is 18.9 Å². The third-order valence-corrected chi connectivity index (χ3v) is 3.58. The average molecular weight is 277 g/mol. The highest BCUT2D eigenvalue weighted by Crippen LogP contribution is 2.32. The zero-order valence-corrected chi connectivity index (χ0v) is 11.2. The van der Waals surface area contributed by atoms with Gasteiger partial charge in [-0.25, -0.2) is 4.39 Å². The van der Waals surface area contributed by atoms with Crippen molar-refractivity contribution in [3.05, 3.63) is 28.0 Å². The Balaban J connectivity index is 2.12. The van der Waals surface area contributed by atoms with Gasteiger partial charge in [-0.3, -0.25) is 0 Å². The second-order valence-electron chi connectivity index (χ2n) is 4.49. The highest BCUT2D eigenvalue weighted by Gasteiger charge is 2.19. The monoisotopic (exact) mass is 276 g/mol. The lowest BCUT2D eigenvalue weighted by Crippen LogP contribution is -2.39. The minimum atomic E-state index is -0.411. The molecule has 2 nitrogen and oxygen atoms in total. The van der Waals surface area contributed by atoms with Gasteiger partial charge in [-0.1, -0.05) is 23.2 Å². The molecule has 1 unspecified atom stereocenters. The average Bonchev–Trinajstić information content (AvgIpc) is 2.23. The second-order valence-corrected chi connectivity index (χ2v) is 5.30. The Morgan fingerprint density at radius 3 is 2.59 bits per heavy atom. The number of halogens is 3. The van der Waals surface area contributed by atoms with Gasteiger partial charge in [0.05, 0.1) is 15.7 Å². The molecular formula is C12H15Cl2FN2. The molecule has 1 aromatic rings. The molecule has 1 saturated heterocycles. The molecule has 0 aromatic heterocycles. The minimum Gasteiger partial charge on any atom is -0.379 e. The van der Waals surface area contributed by atoms with Crippen LogP contribution in [0.15, 0.2) is 12.1 Å². The van der Waals surface area contributed by atoms with E-state index in [1.54, 1.807) is 0 Å². The Morgan fingerprint density at radius 2 is 2.00 bits per heavy atom. The van der Waals surface area contributed by atoms with Crippen molar-refractivity contribution >= 4 is 28.9 Å². The van der Waals surface area contributed by atoms with E-state index in [0.29, 0.717) is 21.8 Å². The van der Waals surface area contributed by atoms with Gasteiger partial charge in [0.1, 0.15) is 5.82 Å². The van der Waals surface area contributed by atoms with Gasteiger partial charge < -0.3 is 10.2 Å². The Morgan fingerprint density at radius 1 is 1.35 bits per heavy atom. The molecule has 1 aromatic carbocycles. The largest absolute Gasteiger partial charge is 0.379 e. The van der Waals surface area contributed by atoms with Gasteiger partial charge in [0.25, 0.3) is 0 Å². The molecule has 1 heterocycles. The zero-order chi connectivity index (χ0) is 12.4.